The Morgan fingerprint density at radius 2 is 2.05 bits per heavy atom. The second kappa shape index (κ2) is 6.54. The Bertz CT molecular complexity index is 841. The van der Waals surface area contributed by atoms with Crippen molar-refractivity contribution in [2.24, 2.45) is 0 Å². The summed E-state index contributed by atoms with van der Waals surface area (Å²) in [7, 11) is 0. The van der Waals surface area contributed by atoms with Crippen molar-refractivity contribution in [3.63, 3.8) is 0 Å². The molecule has 0 bridgehead atoms. The van der Waals surface area contributed by atoms with Crippen LogP contribution in [0.4, 0.5) is 0 Å². The molecular formula is C15H15ClN4OS. The number of benzene rings is 1. The standard InChI is InChI=1S/C15H15ClN4OS/c1-2-3-12-8-13(21)17-14-18-19-15(20(12)14)22-9-10-4-6-11(16)7-5-10/h4-8H,2-3,9H2,1H3,(H,17,18,21). The van der Waals surface area contributed by atoms with E-state index in [1.165, 1.54) is 0 Å². The highest BCUT2D eigenvalue weighted by atomic mass is 35.5. The van der Waals surface area contributed by atoms with Crippen molar-refractivity contribution in [1.82, 2.24) is 19.6 Å². The minimum atomic E-state index is -0.141. The van der Waals surface area contributed by atoms with Gasteiger partial charge in [0, 0.05) is 22.5 Å². The minimum absolute atomic E-state index is 0.141. The smallest absolute Gasteiger partial charge is 0.252 e. The van der Waals surface area contributed by atoms with Crippen LogP contribution in [0, 0.1) is 0 Å². The Balaban J connectivity index is 1.90. The highest BCUT2D eigenvalue weighted by Gasteiger charge is 2.11. The summed E-state index contributed by atoms with van der Waals surface area (Å²) in [5, 5.41) is 9.76. The molecule has 0 fully saturated rings. The molecule has 5 nitrogen and oxygen atoms in total. The Hall–Kier alpha value is -1.79. The van der Waals surface area contributed by atoms with Crippen LogP contribution >= 0.6 is 23.4 Å². The van der Waals surface area contributed by atoms with Gasteiger partial charge >= 0.3 is 0 Å². The maximum absolute atomic E-state index is 11.6. The molecule has 0 aliphatic rings. The molecule has 0 aliphatic heterocycles. The molecule has 0 spiro atoms. The monoisotopic (exact) mass is 334 g/mol. The van der Waals surface area contributed by atoms with Crippen molar-refractivity contribution in [1.29, 1.82) is 0 Å². The zero-order valence-electron chi connectivity index (χ0n) is 12.0. The third-order valence-corrected chi connectivity index (χ3v) is 4.49. The van der Waals surface area contributed by atoms with Gasteiger partial charge in [-0.1, -0.05) is 48.8 Å². The van der Waals surface area contributed by atoms with E-state index in [9.17, 15) is 4.79 Å². The fourth-order valence-electron chi connectivity index (χ4n) is 2.23. The second-order valence-electron chi connectivity index (χ2n) is 4.93. The first-order valence-electron chi connectivity index (χ1n) is 7.02. The van der Waals surface area contributed by atoms with Gasteiger partial charge in [-0.05, 0) is 24.1 Å². The van der Waals surface area contributed by atoms with E-state index >= 15 is 0 Å². The molecule has 0 atom stereocenters. The summed E-state index contributed by atoms with van der Waals surface area (Å²) in [4.78, 5) is 14.4. The summed E-state index contributed by atoms with van der Waals surface area (Å²) >= 11 is 7.48. The average molecular weight is 335 g/mol. The lowest BCUT2D eigenvalue weighted by molar-refractivity contribution is 0.800. The average Bonchev–Trinajstić information content (AvgIpc) is 2.90. The topological polar surface area (TPSA) is 63.0 Å². The number of aryl methyl sites for hydroxylation is 1. The molecule has 0 saturated carbocycles. The van der Waals surface area contributed by atoms with E-state index in [2.05, 4.69) is 22.1 Å². The van der Waals surface area contributed by atoms with E-state index in [-0.39, 0.29) is 5.56 Å². The van der Waals surface area contributed by atoms with Gasteiger partial charge < -0.3 is 0 Å². The van der Waals surface area contributed by atoms with Gasteiger partial charge in [0.25, 0.3) is 5.56 Å². The molecule has 2 heterocycles. The molecule has 0 amide bonds. The van der Waals surface area contributed by atoms with Crippen molar-refractivity contribution in [3.8, 4) is 0 Å². The van der Waals surface area contributed by atoms with Gasteiger partial charge in [0.2, 0.25) is 5.78 Å². The minimum Gasteiger partial charge on any atom is -0.291 e. The van der Waals surface area contributed by atoms with Gasteiger partial charge in [-0.15, -0.1) is 10.2 Å². The normalized spacial score (nSPS) is 11.2. The highest BCUT2D eigenvalue weighted by Crippen LogP contribution is 2.23. The Kier molecular flexibility index (Phi) is 4.49. The van der Waals surface area contributed by atoms with Crippen LogP contribution in [0.2, 0.25) is 5.02 Å². The summed E-state index contributed by atoms with van der Waals surface area (Å²) in [5.41, 5.74) is 1.95. The van der Waals surface area contributed by atoms with E-state index in [0.29, 0.717) is 5.78 Å². The van der Waals surface area contributed by atoms with Crippen molar-refractivity contribution in [2.75, 3.05) is 0 Å². The summed E-state index contributed by atoms with van der Waals surface area (Å²) in [6.45, 7) is 2.08. The molecule has 22 heavy (non-hydrogen) atoms. The van der Waals surface area contributed by atoms with Crippen LogP contribution in [0.5, 0.6) is 0 Å². The number of aromatic amines is 1. The summed E-state index contributed by atoms with van der Waals surface area (Å²) in [5.74, 6) is 1.26. The molecule has 114 valence electrons. The number of thioether (sulfide) groups is 1. The molecule has 2 aromatic heterocycles. The largest absolute Gasteiger partial charge is 0.291 e. The molecule has 0 aliphatic carbocycles. The molecule has 0 saturated heterocycles. The Morgan fingerprint density at radius 1 is 1.27 bits per heavy atom. The lowest BCUT2D eigenvalue weighted by atomic mass is 10.2. The van der Waals surface area contributed by atoms with Gasteiger partial charge in [-0.2, -0.15) is 0 Å². The maximum atomic E-state index is 11.6. The van der Waals surface area contributed by atoms with Crippen molar-refractivity contribution < 1.29 is 0 Å². The van der Waals surface area contributed by atoms with Crippen LogP contribution in [0.1, 0.15) is 24.6 Å². The molecule has 3 aromatic rings. The lowest BCUT2D eigenvalue weighted by Crippen LogP contribution is -2.11. The Morgan fingerprint density at radius 3 is 2.77 bits per heavy atom. The number of hydrogen-bond donors (Lipinski definition) is 1. The number of aromatic nitrogens is 4. The first-order valence-corrected chi connectivity index (χ1v) is 8.38. The summed E-state index contributed by atoms with van der Waals surface area (Å²) in [6, 6.07) is 9.35. The van der Waals surface area contributed by atoms with Crippen LogP contribution in [-0.4, -0.2) is 19.6 Å². The summed E-state index contributed by atoms with van der Waals surface area (Å²) in [6.07, 6.45) is 1.77. The molecular weight excluding hydrogens is 320 g/mol. The molecule has 0 unspecified atom stereocenters. The maximum Gasteiger partial charge on any atom is 0.252 e. The first-order chi connectivity index (χ1) is 10.7. The third-order valence-electron chi connectivity index (χ3n) is 3.24. The fourth-order valence-corrected chi connectivity index (χ4v) is 3.28. The SMILES string of the molecule is CCCc1cc(=O)[nH]c2nnc(SCc3ccc(Cl)cc3)n12. The number of nitrogens with one attached hydrogen (secondary N) is 1. The zero-order chi connectivity index (χ0) is 15.5. The van der Waals surface area contributed by atoms with Crippen LogP contribution in [-0.2, 0) is 12.2 Å². The molecule has 7 heteroatoms. The predicted molar refractivity (Wildman–Crippen MR) is 88.6 cm³/mol. The van der Waals surface area contributed by atoms with Crippen molar-refractivity contribution in [3.05, 3.63) is 57.0 Å². The third kappa shape index (κ3) is 3.18. The quantitative estimate of drug-likeness (QED) is 0.727. The fraction of sp³-hybridized carbons (Fsp3) is 0.267. The molecule has 1 N–H and O–H groups in total. The van der Waals surface area contributed by atoms with Crippen molar-refractivity contribution in [2.45, 2.75) is 30.7 Å². The van der Waals surface area contributed by atoms with Gasteiger partial charge in [-0.25, -0.2) is 0 Å². The van der Waals surface area contributed by atoms with Gasteiger partial charge in [0.15, 0.2) is 5.16 Å². The summed E-state index contributed by atoms with van der Waals surface area (Å²) < 4.78 is 1.92. The van der Waals surface area contributed by atoms with Crippen LogP contribution in [0.15, 0.2) is 40.3 Å². The van der Waals surface area contributed by atoms with Crippen LogP contribution in [0.3, 0.4) is 0 Å². The number of rotatable bonds is 5. The van der Waals surface area contributed by atoms with Gasteiger partial charge in [0.05, 0.1) is 0 Å². The second-order valence-corrected chi connectivity index (χ2v) is 6.31. The van der Waals surface area contributed by atoms with Crippen LogP contribution < -0.4 is 5.56 Å². The van der Waals surface area contributed by atoms with E-state index in [1.807, 2.05) is 28.7 Å². The zero-order valence-corrected chi connectivity index (χ0v) is 13.6. The number of hydrogen-bond acceptors (Lipinski definition) is 4. The lowest BCUT2D eigenvalue weighted by Gasteiger charge is -2.06. The van der Waals surface area contributed by atoms with Crippen LogP contribution in [0.25, 0.3) is 5.78 Å². The van der Waals surface area contributed by atoms with Gasteiger partial charge in [-0.3, -0.25) is 14.2 Å². The number of fused-ring (bicyclic) bond motifs is 1. The number of nitrogens with zero attached hydrogens (tertiary/aromatic N) is 3. The first kappa shape index (κ1) is 15.1. The van der Waals surface area contributed by atoms with Gasteiger partial charge in [0.1, 0.15) is 0 Å². The van der Waals surface area contributed by atoms with E-state index < -0.39 is 0 Å². The molecule has 1 aromatic carbocycles. The number of halogens is 1. The van der Waals surface area contributed by atoms with E-state index in [1.54, 1.807) is 17.8 Å². The molecule has 0 radical (unpaired) electrons. The predicted octanol–water partition coefficient (Wildman–Crippen LogP) is 3.32. The highest BCUT2D eigenvalue weighted by molar-refractivity contribution is 7.98. The number of H-pyrrole nitrogens is 1. The van der Waals surface area contributed by atoms with Crippen molar-refractivity contribution >= 4 is 29.1 Å². The molecule has 3 rings (SSSR count). The van der Waals surface area contributed by atoms with E-state index in [4.69, 9.17) is 11.6 Å². The Labute approximate surface area is 136 Å². The van der Waals surface area contributed by atoms with E-state index in [0.717, 1.165) is 40.0 Å².